The summed E-state index contributed by atoms with van der Waals surface area (Å²) in [5.74, 6) is 1.16. The van der Waals surface area contributed by atoms with Crippen LogP contribution in [0.15, 0.2) is 36.8 Å². The maximum atomic E-state index is 13.2. The molecular formula is C33H39N11O4. The molecule has 3 aliphatic rings. The number of pyridine rings is 1. The van der Waals surface area contributed by atoms with E-state index in [0.29, 0.717) is 60.0 Å². The first-order chi connectivity index (χ1) is 23.0. The van der Waals surface area contributed by atoms with Crippen LogP contribution in [-0.4, -0.2) is 97.8 Å². The Balaban J connectivity index is 1.13. The smallest absolute Gasteiger partial charge is 0.331 e. The van der Waals surface area contributed by atoms with E-state index in [1.807, 2.05) is 61.8 Å². The van der Waals surface area contributed by atoms with Gasteiger partial charge in [-0.25, -0.2) is 19.7 Å². The van der Waals surface area contributed by atoms with Crippen molar-refractivity contribution in [2.24, 2.45) is 5.92 Å². The Labute approximate surface area is 277 Å². The Morgan fingerprint density at radius 1 is 1.10 bits per heavy atom. The third-order valence-corrected chi connectivity index (χ3v) is 8.90. The molecule has 1 saturated heterocycles. The van der Waals surface area contributed by atoms with Crippen molar-refractivity contribution in [2.75, 3.05) is 56.4 Å². The zero-order valence-electron chi connectivity index (χ0n) is 27.7. The molecule has 4 amide bonds. The molecule has 0 aromatic carbocycles. The molecule has 3 atom stereocenters. The summed E-state index contributed by atoms with van der Waals surface area (Å²) in [7, 11) is 5.39. The van der Waals surface area contributed by atoms with Crippen LogP contribution in [0.1, 0.15) is 66.8 Å². The summed E-state index contributed by atoms with van der Waals surface area (Å²) in [6.07, 6.45) is 8.53. The molecule has 15 heteroatoms. The average molecular weight is 654 g/mol. The van der Waals surface area contributed by atoms with Crippen LogP contribution in [0.25, 0.3) is 5.65 Å². The van der Waals surface area contributed by atoms with Gasteiger partial charge in [-0.15, -0.1) is 0 Å². The van der Waals surface area contributed by atoms with Crippen LogP contribution in [0.5, 0.6) is 6.01 Å². The molecule has 15 nitrogen and oxygen atoms in total. The first kappa shape index (κ1) is 31.4. The highest BCUT2D eigenvalue weighted by atomic mass is 16.5. The van der Waals surface area contributed by atoms with Gasteiger partial charge in [-0.1, -0.05) is 0 Å². The van der Waals surface area contributed by atoms with Crippen molar-refractivity contribution in [3.63, 3.8) is 0 Å². The van der Waals surface area contributed by atoms with Gasteiger partial charge in [0.15, 0.2) is 5.65 Å². The van der Waals surface area contributed by atoms with Crippen LogP contribution >= 0.6 is 0 Å². The molecule has 0 radical (unpaired) electrons. The lowest BCUT2D eigenvalue weighted by Crippen LogP contribution is -2.30. The van der Waals surface area contributed by atoms with Gasteiger partial charge in [-0.05, 0) is 70.8 Å². The number of fused-ring (bicyclic) bond motifs is 1. The summed E-state index contributed by atoms with van der Waals surface area (Å²) < 4.78 is 7.80. The van der Waals surface area contributed by atoms with Crippen molar-refractivity contribution >= 4 is 40.8 Å². The van der Waals surface area contributed by atoms with Gasteiger partial charge in [0.25, 0.3) is 0 Å². The first-order valence-corrected chi connectivity index (χ1v) is 16.2. The minimum absolute atomic E-state index is 0.0270. The highest BCUT2D eigenvalue weighted by molar-refractivity contribution is 6.13. The normalized spacial score (nSPS) is 19.7. The lowest BCUT2D eigenvalue weighted by Gasteiger charge is -2.17. The second-order valence-corrected chi connectivity index (χ2v) is 13.1. The van der Waals surface area contributed by atoms with Gasteiger partial charge in [-0.2, -0.15) is 9.97 Å². The number of aryl methyl sites for hydroxylation is 1. The van der Waals surface area contributed by atoms with E-state index < -0.39 is 0 Å². The molecule has 4 aromatic heterocycles. The maximum absolute atomic E-state index is 13.2. The molecule has 5 heterocycles. The summed E-state index contributed by atoms with van der Waals surface area (Å²) in [4.78, 5) is 66.0. The summed E-state index contributed by atoms with van der Waals surface area (Å²) in [6.45, 7) is 4.85. The third-order valence-electron chi connectivity index (χ3n) is 8.90. The van der Waals surface area contributed by atoms with Gasteiger partial charge in [0.1, 0.15) is 30.6 Å². The number of carbonyl (C=O) groups is 3. The van der Waals surface area contributed by atoms with E-state index >= 15 is 0 Å². The average Bonchev–Trinajstić information content (AvgIpc) is 3.97. The molecule has 1 aliphatic heterocycles. The van der Waals surface area contributed by atoms with E-state index in [2.05, 4.69) is 30.6 Å². The van der Waals surface area contributed by atoms with Gasteiger partial charge in [0, 0.05) is 55.8 Å². The van der Waals surface area contributed by atoms with E-state index in [0.717, 1.165) is 29.0 Å². The fourth-order valence-corrected chi connectivity index (χ4v) is 5.83. The van der Waals surface area contributed by atoms with Gasteiger partial charge >= 0.3 is 12.0 Å². The topological polar surface area (TPSA) is 163 Å². The summed E-state index contributed by atoms with van der Waals surface area (Å²) in [6, 6.07) is 4.92. The van der Waals surface area contributed by atoms with Crippen molar-refractivity contribution in [2.45, 2.75) is 51.0 Å². The molecule has 48 heavy (non-hydrogen) atoms. The molecule has 2 aliphatic carbocycles. The number of hydrogen-bond donors (Lipinski definition) is 2. The summed E-state index contributed by atoms with van der Waals surface area (Å²) in [5.41, 5.74) is 3.87. The van der Waals surface area contributed by atoms with E-state index in [1.54, 1.807) is 12.3 Å². The molecule has 2 N–H and O–H groups in total. The lowest BCUT2D eigenvalue weighted by atomic mass is 10.1. The Morgan fingerprint density at radius 2 is 1.90 bits per heavy atom. The van der Waals surface area contributed by atoms with Crippen LogP contribution in [0.2, 0.25) is 0 Å². The highest BCUT2D eigenvalue weighted by Gasteiger charge is 2.46. The van der Waals surface area contributed by atoms with Gasteiger partial charge in [0.2, 0.25) is 11.8 Å². The molecule has 2 saturated carbocycles. The summed E-state index contributed by atoms with van der Waals surface area (Å²) >= 11 is 0. The molecule has 0 bridgehead atoms. The zero-order valence-corrected chi connectivity index (χ0v) is 27.7. The number of urea groups is 1. The molecule has 0 unspecified atom stereocenters. The minimum atomic E-state index is -0.369. The van der Waals surface area contributed by atoms with Gasteiger partial charge < -0.3 is 24.7 Å². The number of imidazole rings is 1. The van der Waals surface area contributed by atoms with Crippen LogP contribution in [0.4, 0.5) is 22.1 Å². The van der Waals surface area contributed by atoms with Crippen molar-refractivity contribution in [3.05, 3.63) is 59.6 Å². The predicted molar refractivity (Wildman–Crippen MR) is 177 cm³/mol. The number of nitrogens with one attached hydrogen (secondary N) is 2. The number of amides is 4. The van der Waals surface area contributed by atoms with Crippen LogP contribution in [0, 0.1) is 12.8 Å². The number of anilines is 3. The number of hydrogen-bond acceptors (Lipinski definition) is 11. The van der Waals surface area contributed by atoms with Crippen molar-refractivity contribution in [1.29, 1.82) is 0 Å². The standard InChI is InChI=1S/C33H39N11O4/c1-18-8-9-34-29(35-18)22-13-23(22)31(46)38-27-14-26(39-32(40-27)48-11-10-41(3)4)36-19(2)24-16-43-15-21(20-6-7-20)12-25(30(43)37-24)44-17-28(45)42(5)33(44)47/h8-9,12,14-16,19-20,22-23H,6-7,10-11,13,17H2,1-5H3,(H2,36,38,39,40,46)/t19-,22+,23+/m1/s1. The SMILES string of the molecule is Cc1ccnc([C@H]2C[C@@H]2C(=O)Nc2cc(N[C@H](C)c3cn4cc(C5CC5)cc(N5CC(=O)N(C)C5=O)c4n3)nc(OCCN(C)C)n2)n1. The van der Waals surface area contributed by atoms with E-state index in [9.17, 15) is 14.4 Å². The molecule has 0 spiro atoms. The lowest BCUT2D eigenvalue weighted by molar-refractivity contribution is -0.124. The van der Waals surface area contributed by atoms with Crippen LogP contribution in [-0.2, 0) is 9.59 Å². The van der Waals surface area contributed by atoms with E-state index in [1.165, 1.54) is 11.9 Å². The fourth-order valence-electron chi connectivity index (χ4n) is 5.83. The molecule has 3 fully saturated rings. The Hall–Kier alpha value is -5.18. The van der Waals surface area contributed by atoms with Crippen molar-refractivity contribution < 1.29 is 19.1 Å². The Bertz CT molecular complexity index is 1910. The number of ether oxygens (including phenoxy) is 1. The largest absolute Gasteiger partial charge is 0.462 e. The highest BCUT2D eigenvalue weighted by Crippen LogP contribution is 2.46. The maximum Gasteiger partial charge on any atom is 0.331 e. The molecule has 7 rings (SSSR count). The monoisotopic (exact) mass is 653 g/mol. The Morgan fingerprint density at radius 3 is 2.60 bits per heavy atom. The third kappa shape index (κ3) is 6.50. The van der Waals surface area contributed by atoms with Crippen LogP contribution < -0.4 is 20.3 Å². The predicted octanol–water partition coefficient (Wildman–Crippen LogP) is 3.35. The Kier molecular flexibility index (Phi) is 8.15. The van der Waals surface area contributed by atoms with Gasteiger partial charge in [0.05, 0.1) is 17.4 Å². The number of likely N-dealkylation sites (N-methyl/N-ethyl adjacent to an activating group) is 2. The van der Waals surface area contributed by atoms with Gasteiger partial charge in [-0.3, -0.25) is 19.4 Å². The second kappa shape index (κ2) is 12.4. The number of nitrogens with zero attached hydrogens (tertiary/aromatic N) is 9. The first-order valence-electron chi connectivity index (χ1n) is 16.2. The zero-order chi connectivity index (χ0) is 33.7. The quantitative estimate of drug-likeness (QED) is 0.216. The van der Waals surface area contributed by atoms with Crippen molar-refractivity contribution in [3.8, 4) is 6.01 Å². The van der Waals surface area contributed by atoms with E-state index in [-0.39, 0.29) is 48.3 Å². The number of carbonyl (C=O) groups excluding carboxylic acids is 3. The molecule has 250 valence electrons. The number of imide groups is 1. The molecule has 4 aromatic rings. The number of aromatic nitrogens is 6. The fraction of sp³-hybridized carbons (Fsp3) is 0.455. The summed E-state index contributed by atoms with van der Waals surface area (Å²) in [5, 5.41) is 6.33. The second-order valence-electron chi connectivity index (χ2n) is 13.1. The van der Waals surface area contributed by atoms with Crippen molar-refractivity contribution in [1.82, 2.24) is 39.1 Å². The van der Waals surface area contributed by atoms with Crippen LogP contribution in [0.3, 0.4) is 0 Å². The molecular weight excluding hydrogens is 614 g/mol. The van der Waals surface area contributed by atoms with E-state index in [4.69, 9.17) is 9.72 Å². The number of rotatable bonds is 12. The minimum Gasteiger partial charge on any atom is -0.462 e.